The van der Waals surface area contributed by atoms with Gasteiger partial charge in [0.15, 0.2) is 0 Å². The minimum Gasteiger partial charge on any atom is -0.338 e. The van der Waals surface area contributed by atoms with E-state index in [1.54, 1.807) is 24.5 Å². The fourth-order valence-corrected chi connectivity index (χ4v) is 2.47. The summed E-state index contributed by atoms with van der Waals surface area (Å²) >= 11 is 5.86. The molecule has 0 aliphatic carbocycles. The lowest BCUT2D eigenvalue weighted by atomic mass is 10.2. The zero-order valence-electron chi connectivity index (χ0n) is 14.4. The molecule has 5 nitrogen and oxygen atoms in total. The van der Waals surface area contributed by atoms with Gasteiger partial charge >= 0.3 is 6.18 Å². The molecule has 0 spiro atoms. The van der Waals surface area contributed by atoms with Crippen molar-refractivity contribution in [2.75, 3.05) is 11.9 Å². The van der Waals surface area contributed by atoms with E-state index in [1.165, 1.54) is 11.8 Å². The van der Waals surface area contributed by atoms with Gasteiger partial charge in [0.1, 0.15) is 0 Å². The van der Waals surface area contributed by atoms with Gasteiger partial charge in [0.05, 0.1) is 16.3 Å². The van der Waals surface area contributed by atoms with Gasteiger partial charge in [-0.25, -0.2) is 0 Å². The highest BCUT2D eigenvalue weighted by atomic mass is 35.5. The Balaban J connectivity index is 1.99. The highest BCUT2D eigenvalue weighted by Crippen LogP contribution is 2.33. The molecule has 0 unspecified atom stereocenters. The van der Waals surface area contributed by atoms with Crippen LogP contribution in [0.5, 0.6) is 0 Å². The van der Waals surface area contributed by atoms with Crippen LogP contribution in [-0.2, 0) is 22.3 Å². The second-order valence-electron chi connectivity index (χ2n) is 5.79. The Bertz CT molecular complexity index is 813. The summed E-state index contributed by atoms with van der Waals surface area (Å²) in [6.45, 7) is 1.76. The van der Waals surface area contributed by atoms with Crippen LogP contribution >= 0.6 is 11.6 Å². The lowest BCUT2D eigenvalue weighted by Crippen LogP contribution is -2.31. The van der Waals surface area contributed by atoms with Crippen LogP contribution in [0, 0.1) is 0 Å². The standard InChI is InChI=1S/C18H17ClF3N3O2/c1-12(26)25(11-13-3-2-7-23-10-13)8-6-17(27)24-16-9-14(18(20,21)22)4-5-15(16)19/h2-5,7,9-10H,6,8,11H2,1H3,(H,24,27). The number of benzene rings is 1. The van der Waals surface area contributed by atoms with E-state index >= 15 is 0 Å². The van der Waals surface area contributed by atoms with Gasteiger partial charge in [0, 0.05) is 38.8 Å². The minimum atomic E-state index is -4.54. The summed E-state index contributed by atoms with van der Waals surface area (Å²) in [5.41, 5.74) is -0.240. The molecule has 0 fully saturated rings. The van der Waals surface area contributed by atoms with Crippen LogP contribution in [0.4, 0.5) is 18.9 Å². The SMILES string of the molecule is CC(=O)N(CCC(=O)Nc1cc(C(F)(F)F)ccc1Cl)Cc1cccnc1. The summed E-state index contributed by atoms with van der Waals surface area (Å²) < 4.78 is 38.3. The summed E-state index contributed by atoms with van der Waals surface area (Å²) in [7, 11) is 0. The van der Waals surface area contributed by atoms with Crippen LogP contribution < -0.4 is 5.32 Å². The van der Waals surface area contributed by atoms with E-state index < -0.39 is 17.6 Å². The first-order valence-corrected chi connectivity index (χ1v) is 8.35. The molecule has 0 bridgehead atoms. The zero-order chi connectivity index (χ0) is 20.0. The number of carbonyl (C=O) groups is 2. The second-order valence-corrected chi connectivity index (χ2v) is 6.20. The molecule has 2 aromatic rings. The predicted molar refractivity (Wildman–Crippen MR) is 95.0 cm³/mol. The van der Waals surface area contributed by atoms with Gasteiger partial charge in [-0.1, -0.05) is 17.7 Å². The maximum atomic E-state index is 12.8. The molecule has 2 amide bonds. The molecule has 144 valence electrons. The van der Waals surface area contributed by atoms with Gasteiger partial charge in [-0.05, 0) is 29.8 Å². The van der Waals surface area contributed by atoms with E-state index in [9.17, 15) is 22.8 Å². The summed E-state index contributed by atoms with van der Waals surface area (Å²) in [6, 6.07) is 6.22. The Kier molecular flexibility index (Phi) is 6.79. The Hall–Kier alpha value is -2.61. The van der Waals surface area contributed by atoms with Crippen LogP contribution in [0.15, 0.2) is 42.7 Å². The molecule has 1 N–H and O–H groups in total. The minimum absolute atomic E-state index is 0.00451. The van der Waals surface area contributed by atoms with Crippen molar-refractivity contribution < 1.29 is 22.8 Å². The highest BCUT2D eigenvalue weighted by Gasteiger charge is 2.31. The average molecular weight is 400 g/mol. The van der Waals surface area contributed by atoms with Crippen molar-refractivity contribution in [1.82, 2.24) is 9.88 Å². The van der Waals surface area contributed by atoms with E-state index in [-0.39, 0.29) is 36.1 Å². The number of pyridine rings is 1. The molecule has 2 rings (SSSR count). The van der Waals surface area contributed by atoms with Gasteiger partial charge < -0.3 is 10.2 Å². The molecular weight excluding hydrogens is 383 g/mol. The number of carbonyl (C=O) groups excluding carboxylic acids is 2. The smallest absolute Gasteiger partial charge is 0.338 e. The number of hydrogen-bond donors (Lipinski definition) is 1. The van der Waals surface area contributed by atoms with Crippen LogP contribution in [-0.4, -0.2) is 28.2 Å². The second kappa shape index (κ2) is 8.85. The lowest BCUT2D eigenvalue weighted by Gasteiger charge is -2.21. The third-order valence-corrected chi connectivity index (χ3v) is 4.05. The first-order valence-electron chi connectivity index (χ1n) is 7.98. The number of halogens is 4. The van der Waals surface area contributed by atoms with Crippen molar-refractivity contribution >= 4 is 29.1 Å². The Morgan fingerprint density at radius 3 is 2.59 bits per heavy atom. The van der Waals surface area contributed by atoms with E-state index in [1.807, 2.05) is 0 Å². The predicted octanol–water partition coefficient (Wildman–Crippen LogP) is 4.13. The van der Waals surface area contributed by atoms with Crippen molar-refractivity contribution in [2.24, 2.45) is 0 Å². The van der Waals surface area contributed by atoms with Crippen LogP contribution in [0.3, 0.4) is 0 Å². The monoisotopic (exact) mass is 399 g/mol. The number of alkyl halides is 3. The molecule has 0 atom stereocenters. The fourth-order valence-electron chi connectivity index (χ4n) is 2.31. The van der Waals surface area contributed by atoms with Crippen molar-refractivity contribution in [1.29, 1.82) is 0 Å². The molecule has 9 heteroatoms. The molecule has 0 aliphatic heterocycles. The molecule has 1 heterocycles. The largest absolute Gasteiger partial charge is 0.416 e. The topological polar surface area (TPSA) is 62.3 Å². The molecule has 1 aromatic carbocycles. The molecule has 1 aromatic heterocycles. The van der Waals surface area contributed by atoms with Crippen LogP contribution in [0.1, 0.15) is 24.5 Å². The van der Waals surface area contributed by atoms with Crippen molar-refractivity contribution in [3.63, 3.8) is 0 Å². The Labute approximate surface area is 159 Å². The first-order chi connectivity index (χ1) is 12.7. The van der Waals surface area contributed by atoms with Gasteiger partial charge in [0.2, 0.25) is 11.8 Å². The van der Waals surface area contributed by atoms with Crippen molar-refractivity contribution in [3.05, 3.63) is 58.9 Å². The molecule has 0 radical (unpaired) electrons. The maximum Gasteiger partial charge on any atom is 0.416 e. The number of aromatic nitrogens is 1. The summed E-state index contributed by atoms with van der Waals surface area (Å²) in [6.07, 6.45) is -1.42. The molecule has 27 heavy (non-hydrogen) atoms. The Morgan fingerprint density at radius 2 is 2.00 bits per heavy atom. The lowest BCUT2D eigenvalue weighted by molar-refractivity contribution is -0.137. The zero-order valence-corrected chi connectivity index (χ0v) is 15.1. The Morgan fingerprint density at radius 1 is 1.26 bits per heavy atom. The molecular formula is C18H17ClF3N3O2. The fraction of sp³-hybridized carbons (Fsp3) is 0.278. The number of anilines is 1. The van der Waals surface area contributed by atoms with Crippen molar-refractivity contribution in [2.45, 2.75) is 26.1 Å². The molecule has 0 saturated carbocycles. The normalized spacial score (nSPS) is 11.1. The summed E-state index contributed by atoms with van der Waals surface area (Å²) in [5.74, 6) is -0.780. The van der Waals surface area contributed by atoms with E-state index in [4.69, 9.17) is 11.6 Å². The molecule has 0 aliphatic rings. The van der Waals surface area contributed by atoms with E-state index in [2.05, 4.69) is 10.3 Å². The third-order valence-electron chi connectivity index (χ3n) is 3.72. The number of hydrogen-bond acceptors (Lipinski definition) is 3. The molecule has 0 saturated heterocycles. The quantitative estimate of drug-likeness (QED) is 0.794. The average Bonchev–Trinajstić information content (AvgIpc) is 2.60. The van der Waals surface area contributed by atoms with Crippen molar-refractivity contribution in [3.8, 4) is 0 Å². The van der Waals surface area contributed by atoms with E-state index in [0.717, 1.165) is 23.8 Å². The summed E-state index contributed by atoms with van der Waals surface area (Å²) in [4.78, 5) is 29.3. The number of amides is 2. The van der Waals surface area contributed by atoms with E-state index in [0.29, 0.717) is 0 Å². The van der Waals surface area contributed by atoms with Crippen LogP contribution in [0.25, 0.3) is 0 Å². The van der Waals surface area contributed by atoms with Crippen LogP contribution in [0.2, 0.25) is 5.02 Å². The first kappa shape index (κ1) is 20.7. The van der Waals surface area contributed by atoms with Gasteiger partial charge in [0.25, 0.3) is 0 Å². The highest BCUT2D eigenvalue weighted by molar-refractivity contribution is 6.33. The van der Waals surface area contributed by atoms with Gasteiger partial charge in [-0.15, -0.1) is 0 Å². The van der Waals surface area contributed by atoms with Gasteiger partial charge in [-0.2, -0.15) is 13.2 Å². The summed E-state index contributed by atoms with van der Waals surface area (Å²) in [5, 5.41) is 2.36. The number of rotatable bonds is 6. The van der Waals surface area contributed by atoms with Gasteiger partial charge in [-0.3, -0.25) is 14.6 Å². The third kappa shape index (κ3) is 6.25. The number of nitrogens with one attached hydrogen (secondary N) is 1. The maximum absolute atomic E-state index is 12.8. The number of nitrogens with zero attached hydrogens (tertiary/aromatic N) is 2.